The standard InChI is InChI=1S/C17H19F2N5O5/c18-9-2-1-3-10(19)8(9)5-28-24-7-22-16-12(15(24)20)21-6-23(16)17-14(27)13(26)11(4-25)29-17/h1-3,6-7,11,13-15,17,25-27H,4-5,20H2/t11-,13?,14?,15?,17-/m1/s1. The number of aliphatic hydroxyl groups excluding tert-OH is 3. The highest BCUT2D eigenvalue weighted by molar-refractivity contribution is 5.64. The Balaban J connectivity index is 1.51. The molecule has 2 aliphatic rings. The first-order valence-corrected chi connectivity index (χ1v) is 8.75. The second-order valence-corrected chi connectivity index (χ2v) is 6.61. The highest BCUT2D eigenvalue weighted by Crippen LogP contribution is 2.37. The zero-order valence-corrected chi connectivity index (χ0v) is 15.0. The minimum Gasteiger partial charge on any atom is -0.394 e. The van der Waals surface area contributed by atoms with E-state index in [1.165, 1.54) is 23.3 Å². The van der Waals surface area contributed by atoms with Gasteiger partial charge in [0.2, 0.25) is 0 Å². The van der Waals surface area contributed by atoms with E-state index >= 15 is 0 Å². The lowest BCUT2D eigenvalue weighted by atomic mass is 10.1. The van der Waals surface area contributed by atoms with Crippen molar-refractivity contribution in [2.75, 3.05) is 6.61 Å². The molecule has 0 spiro atoms. The molecule has 5 N–H and O–H groups in total. The van der Waals surface area contributed by atoms with E-state index in [1.807, 2.05) is 0 Å². The first kappa shape index (κ1) is 19.8. The molecule has 1 aromatic carbocycles. The molecule has 0 radical (unpaired) electrons. The molecule has 4 rings (SSSR count). The molecule has 0 amide bonds. The van der Waals surface area contributed by atoms with E-state index in [-0.39, 0.29) is 17.1 Å². The number of rotatable bonds is 5. The van der Waals surface area contributed by atoms with Crippen LogP contribution in [0.1, 0.15) is 23.7 Å². The van der Waals surface area contributed by atoms with E-state index in [9.17, 15) is 24.1 Å². The molecule has 156 valence electrons. The second kappa shape index (κ2) is 7.74. The molecule has 1 saturated heterocycles. The molecule has 0 bridgehead atoms. The number of aliphatic imine (C=N–C) groups is 1. The normalized spacial score (nSPS) is 28.8. The van der Waals surface area contributed by atoms with Crippen molar-refractivity contribution >= 4 is 12.2 Å². The third-order valence-electron chi connectivity index (χ3n) is 4.85. The van der Waals surface area contributed by atoms with E-state index in [2.05, 4.69) is 9.98 Å². The van der Waals surface area contributed by atoms with Gasteiger partial charge in [-0.25, -0.2) is 23.8 Å². The Bertz CT molecular complexity index is 905. The maximum Gasteiger partial charge on any atom is 0.165 e. The van der Waals surface area contributed by atoms with Crippen molar-refractivity contribution in [3.63, 3.8) is 0 Å². The molecule has 5 atom stereocenters. The Hall–Kier alpha value is -2.48. The molecular weight excluding hydrogens is 392 g/mol. The van der Waals surface area contributed by atoms with Crippen LogP contribution >= 0.6 is 0 Å². The Morgan fingerprint density at radius 3 is 2.59 bits per heavy atom. The van der Waals surface area contributed by atoms with E-state index in [0.717, 1.165) is 17.2 Å². The summed E-state index contributed by atoms with van der Waals surface area (Å²) in [5.74, 6) is -1.24. The van der Waals surface area contributed by atoms with Crippen molar-refractivity contribution in [3.8, 4) is 0 Å². The summed E-state index contributed by atoms with van der Waals surface area (Å²) in [6.45, 7) is -0.883. The van der Waals surface area contributed by atoms with Crippen LogP contribution in [0, 0.1) is 11.6 Å². The van der Waals surface area contributed by atoms with E-state index < -0.39 is 55.6 Å². The van der Waals surface area contributed by atoms with Crippen LogP contribution in [-0.2, 0) is 16.2 Å². The SMILES string of the molecule is NC1c2ncn([C@@H]3O[C@H](CO)C(O)C3O)c2N=CN1OCc1c(F)cccc1F. The summed E-state index contributed by atoms with van der Waals surface area (Å²) in [5.41, 5.74) is 6.12. The lowest BCUT2D eigenvalue weighted by Gasteiger charge is -2.28. The van der Waals surface area contributed by atoms with Crippen molar-refractivity contribution in [3.05, 3.63) is 47.4 Å². The van der Waals surface area contributed by atoms with Gasteiger partial charge in [0.15, 0.2) is 18.2 Å². The number of hydroxylamine groups is 2. The van der Waals surface area contributed by atoms with Crippen LogP contribution in [0.15, 0.2) is 29.5 Å². The first-order valence-electron chi connectivity index (χ1n) is 8.75. The van der Waals surface area contributed by atoms with Gasteiger partial charge in [-0.05, 0) is 12.1 Å². The van der Waals surface area contributed by atoms with Crippen LogP contribution in [0.4, 0.5) is 14.6 Å². The summed E-state index contributed by atoms with van der Waals surface area (Å²) in [5, 5.41) is 30.4. The lowest BCUT2D eigenvalue weighted by molar-refractivity contribution is -0.138. The highest BCUT2D eigenvalue weighted by atomic mass is 19.1. The quantitative estimate of drug-likeness (QED) is 0.532. The molecule has 12 heteroatoms. The van der Waals surface area contributed by atoms with Crippen LogP contribution in [0.5, 0.6) is 0 Å². The molecular formula is C17H19F2N5O5. The molecule has 0 saturated carbocycles. The molecule has 1 fully saturated rings. The maximum atomic E-state index is 13.8. The van der Waals surface area contributed by atoms with Gasteiger partial charge in [-0.2, -0.15) is 0 Å². The third kappa shape index (κ3) is 3.39. The van der Waals surface area contributed by atoms with Gasteiger partial charge >= 0.3 is 0 Å². The Morgan fingerprint density at radius 2 is 1.93 bits per heavy atom. The van der Waals surface area contributed by atoms with E-state index in [4.69, 9.17) is 15.3 Å². The fraction of sp³-hybridized carbons (Fsp3) is 0.412. The second-order valence-electron chi connectivity index (χ2n) is 6.61. The highest BCUT2D eigenvalue weighted by Gasteiger charge is 2.44. The van der Waals surface area contributed by atoms with Crippen LogP contribution in [0.2, 0.25) is 0 Å². The number of imidazole rings is 1. The molecule has 1 aromatic heterocycles. The molecule has 2 aromatic rings. The van der Waals surface area contributed by atoms with Crippen molar-refractivity contribution in [2.45, 2.75) is 37.3 Å². The number of aliphatic hydroxyl groups is 3. The summed E-state index contributed by atoms with van der Waals surface area (Å²) < 4.78 is 34.3. The van der Waals surface area contributed by atoms with Gasteiger partial charge < -0.3 is 25.8 Å². The number of fused-ring (bicyclic) bond motifs is 1. The molecule has 2 aliphatic heterocycles. The van der Waals surface area contributed by atoms with Crippen LogP contribution in [0.3, 0.4) is 0 Å². The minimum atomic E-state index is -1.31. The average molecular weight is 411 g/mol. The summed E-state index contributed by atoms with van der Waals surface area (Å²) in [6, 6.07) is 3.48. The van der Waals surface area contributed by atoms with Gasteiger partial charge in [-0.3, -0.25) is 9.40 Å². The topological polar surface area (TPSA) is 139 Å². The van der Waals surface area contributed by atoms with Crippen molar-refractivity contribution < 1.29 is 33.7 Å². The van der Waals surface area contributed by atoms with Crippen LogP contribution < -0.4 is 5.73 Å². The average Bonchev–Trinajstić information content (AvgIpc) is 3.25. The van der Waals surface area contributed by atoms with Crippen LogP contribution in [-0.4, -0.2) is 61.2 Å². The maximum absolute atomic E-state index is 13.8. The molecule has 3 unspecified atom stereocenters. The van der Waals surface area contributed by atoms with Crippen molar-refractivity contribution in [1.29, 1.82) is 0 Å². The van der Waals surface area contributed by atoms with Gasteiger partial charge in [-0.1, -0.05) is 6.07 Å². The number of aromatic nitrogens is 2. The number of hydrogen-bond acceptors (Lipinski definition) is 9. The van der Waals surface area contributed by atoms with Crippen LogP contribution in [0.25, 0.3) is 0 Å². The predicted molar refractivity (Wildman–Crippen MR) is 93.3 cm³/mol. The zero-order chi connectivity index (χ0) is 20.7. The van der Waals surface area contributed by atoms with Gasteiger partial charge in [0, 0.05) is 0 Å². The summed E-state index contributed by atoms with van der Waals surface area (Å²) in [7, 11) is 0. The molecule has 0 aliphatic carbocycles. The Morgan fingerprint density at radius 1 is 1.21 bits per heavy atom. The van der Waals surface area contributed by atoms with Crippen molar-refractivity contribution in [1.82, 2.24) is 14.6 Å². The summed E-state index contributed by atoms with van der Waals surface area (Å²) in [6.07, 6.45) is -2.98. The molecule has 29 heavy (non-hydrogen) atoms. The van der Waals surface area contributed by atoms with Gasteiger partial charge in [0.05, 0.1) is 18.5 Å². The number of nitrogens with zero attached hydrogens (tertiary/aromatic N) is 4. The van der Waals surface area contributed by atoms with E-state index in [0.29, 0.717) is 0 Å². The molecule has 3 heterocycles. The fourth-order valence-electron chi connectivity index (χ4n) is 3.23. The monoisotopic (exact) mass is 411 g/mol. The van der Waals surface area contributed by atoms with Gasteiger partial charge in [0.25, 0.3) is 0 Å². The Kier molecular flexibility index (Phi) is 5.29. The smallest absolute Gasteiger partial charge is 0.165 e. The van der Waals surface area contributed by atoms with E-state index in [1.54, 1.807) is 0 Å². The number of nitrogens with two attached hydrogens (primary N) is 1. The zero-order valence-electron chi connectivity index (χ0n) is 15.0. The summed E-state index contributed by atoms with van der Waals surface area (Å²) >= 11 is 0. The fourth-order valence-corrected chi connectivity index (χ4v) is 3.23. The summed E-state index contributed by atoms with van der Waals surface area (Å²) in [4.78, 5) is 13.7. The number of hydrogen-bond donors (Lipinski definition) is 4. The van der Waals surface area contributed by atoms with Gasteiger partial charge in [-0.15, -0.1) is 0 Å². The lowest BCUT2D eigenvalue weighted by Crippen LogP contribution is -2.36. The molecule has 10 nitrogen and oxygen atoms in total. The largest absolute Gasteiger partial charge is 0.394 e. The number of halogens is 2. The van der Waals surface area contributed by atoms with Crippen molar-refractivity contribution in [2.24, 2.45) is 10.7 Å². The minimum absolute atomic E-state index is 0.254. The third-order valence-corrected chi connectivity index (χ3v) is 4.85. The number of benzene rings is 1. The number of ether oxygens (including phenoxy) is 1. The van der Waals surface area contributed by atoms with Gasteiger partial charge in [0.1, 0.15) is 48.6 Å². The Labute approximate surface area is 163 Å². The predicted octanol–water partition coefficient (Wildman–Crippen LogP) is -0.163. The first-order chi connectivity index (χ1) is 13.9.